The number of nitrogens with two attached hydrogens (primary N) is 1. The first-order valence-corrected chi connectivity index (χ1v) is 3.76. The van der Waals surface area contributed by atoms with Gasteiger partial charge in [0.25, 0.3) is 0 Å². The van der Waals surface area contributed by atoms with Gasteiger partial charge in [-0.25, -0.2) is 9.78 Å². The molecule has 0 spiro atoms. The van der Waals surface area contributed by atoms with Crippen molar-refractivity contribution in [3.63, 3.8) is 0 Å². The maximum atomic E-state index is 10.4. The summed E-state index contributed by atoms with van der Waals surface area (Å²) in [5, 5.41) is 8.54. The van der Waals surface area contributed by atoms with E-state index in [1.54, 1.807) is 0 Å². The van der Waals surface area contributed by atoms with Crippen LogP contribution in [0.3, 0.4) is 0 Å². The lowest BCUT2D eigenvalue weighted by Gasteiger charge is -1.94. The van der Waals surface area contributed by atoms with Crippen molar-refractivity contribution in [2.24, 2.45) is 5.73 Å². The summed E-state index contributed by atoms with van der Waals surface area (Å²) in [5.41, 5.74) is 5.46. The highest BCUT2D eigenvalue weighted by molar-refractivity contribution is 5.90. The van der Waals surface area contributed by atoms with Gasteiger partial charge in [0.15, 0.2) is 0 Å². The Bertz CT molecular complexity index is 382. The predicted octanol–water partition coefficient (Wildman–Crippen LogP) is 0.278. The number of amides is 1. The predicted molar refractivity (Wildman–Crippen MR) is 49.4 cm³/mol. The molecule has 0 aliphatic heterocycles. The summed E-state index contributed by atoms with van der Waals surface area (Å²) in [4.78, 5) is 24.4. The van der Waals surface area contributed by atoms with Crippen LogP contribution in [-0.2, 0) is 4.79 Å². The van der Waals surface area contributed by atoms with Gasteiger partial charge in [0.1, 0.15) is 5.69 Å². The van der Waals surface area contributed by atoms with Gasteiger partial charge in [-0.15, -0.1) is 0 Å². The van der Waals surface area contributed by atoms with Crippen molar-refractivity contribution in [2.45, 2.75) is 0 Å². The number of aromatic carboxylic acids is 1. The summed E-state index contributed by atoms with van der Waals surface area (Å²) in [7, 11) is 0. The third-order valence-electron chi connectivity index (χ3n) is 1.45. The molecule has 5 heteroatoms. The second-order valence-corrected chi connectivity index (χ2v) is 2.52. The molecule has 1 rings (SSSR count). The van der Waals surface area contributed by atoms with Crippen LogP contribution in [0, 0.1) is 0 Å². The molecule has 1 heterocycles. The first-order valence-electron chi connectivity index (χ1n) is 3.76. The van der Waals surface area contributed by atoms with Crippen LogP contribution >= 0.6 is 0 Å². The number of carboxylic acid groups (broad SMARTS) is 1. The van der Waals surface area contributed by atoms with Crippen LogP contribution in [0.5, 0.6) is 0 Å². The molecule has 0 fully saturated rings. The summed E-state index contributed by atoms with van der Waals surface area (Å²) in [5.74, 6) is -1.65. The van der Waals surface area contributed by atoms with E-state index in [9.17, 15) is 9.59 Å². The van der Waals surface area contributed by atoms with Crippen LogP contribution in [0.15, 0.2) is 24.4 Å². The number of primary amides is 1. The topological polar surface area (TPSA) is 93.3 Å². The van der Waals surface area contributed by atoms with Crippen molar-refractivity contribution in [3.8, 4) is 0 Å². The number of carbonyl (C=O) groups is 2. The molecule has 1 aromatic rings. The van der Waals surface area contributed by atoms with Gasteiger partial charge in [-0.3, -0.25) is 4.79 Å². The second kappa shape index (κ2) is 4.18. The molecule has 1 aromatic heterocycles. The molecule has 5 nitrogen and oxygen atoms in total. The van der Waals surface area contributed by atoms with Crippen molar-refractivity contribution in [1.29, 1.82) is 0 Å². The van der Waals surface area contributed by atoms with Crippen LogP contribution in [0.4, 0.5) is 0 Å². The van der Waals surface area contributed by atoms with E-state index >= 15 is 0 Å². The van der Waals surface area contributed by atoms with Gasteiger partial charge in [0.2, 0.25) is 5.91 Å². The Morgan fingerprint density at radius 2 is 2.14 bits per heavy atom. The van der Waals surface area contributed by atoms with E-state index in [0.29, 0.717) is 5.56 Å². The normalized spacial score (nSPS) is 10.3. The molecular weight excluding hydrogens is 184 g/mol. The van der Waals surface area contributed by atoms with Gasteiger partial charge in [-0.05, 0) is 17.7 Å². The standard InChI is InChI=1S/C9H8N2O3/c10-8(12)4-2-6-1-3-7(9(13)14)11-5-6/h1-5H,(H2,10,12)(H,13,14). The van der Waals surface area contributed by atoms with Gasteiger partial charge in [0.05, 0.1) is 0 Å². The molecule has 0 bridgehead atoms. The minimum Gasteiger partial charge on any atom is -0.477 e. The molecule has 0 aliphatic rings. The highest BCUT2D eigenvalue weighted by atomic mass is 16.4. The van der Waals surface area contributed by atoms with E-state index in [-0.39, 0.29) is 5.69 Å². The van der Waals surface area contributed by atoms with Crippen molar-refractivity contribution in [3.05, 3.63) is 35.7 Å². The Hall–Kier alpha value is -2.17. The Morgan fingerprint density at radius 3 is 2.57 bits per heavy atom. The molecule has 0 aliphatic carbocycles. The van der Waals surface area contributed by atoms with Crippen LogP contribution in [0.25, 0.3) is 6.08 Å². The lowest BCUT2D eigenvalue weighted by atomic mass is 10.2. The number of carboxylic acids is 1. The highest BCUT2D eigenvalue weighted by Crippen LogP contribution is 2.02. The minimum absolute atomic E-state index is 0.0405. The Labute approximate surface area is 79.9 Å². The van der Waals surface area contributed by atoms with Gasteiger partial charge >= 0.3 is 5.97 Å². The summed E-state index contributed by atoms with van der Waals surface area (Å²) in [6.07, 6.45) is 3.99. The second-order valence-electron chi connectivity index (χ2n) is 2.52. The fourth-order valence-electron chi connectivity index (χ4n) is 0.809. The molecule has 14 heavy (non-hydrogen) atoms. The molecule has 0 aromatic carbocycles. The zero-order valence-corrected chi connectivity index (χ0v) is 7.18. The zero-order valence-electron chi connectivity index (χ0n) is 7.18. The highest BCUT2D eigenvalue weighted by Gasteiger charge is 2.01. The number of pyridine rings is 1. The van der Waals surface area contributed by atoms with Crippen molar-refractivity contribution < 1.29 is 14.7 Å². The van der Waals surface area contributed by atoms with Crippen LogP contribution in [0.2, 0.25) is 0 Å². The van der Waals surface area contributed by atoms with Gasteiger partial charge in [0, 0.05) is 12.3 Å². The summed E-state index contributed by atoms with van der Waals surface area (Å²) in [6.45, 7) is 0. The lowest BCUT2D eigenvalue weighted by Crippen LogP contribution is -2.05. The molecule has 0 atom stereocenters. The summed E-state index contributed by atoms with van der Waals surface area (Å²) in [6, 6.07) is 2.89. The van der Waals surface area contributed by atoms with E-state index < -0.39 is 11.9 Å². The molecule has 0 saturated heterocycles. The number of carbonyl (C=O) groups excluding carboxylic acids is 1. The number of rotatable bonds is 3. The molecule has 72 valence electrons. The SMILES string of the molecule is NC(=O)C=Cc1ccc(C(=O)O)nc1. The smallest absolute Gasteiger partial charge is 0.354 e. The molecule has 3 N–H and O–H groups in total. The van der Waals surface area contributed by atoms with E-state index in [0.717, 1.165) is 0 Å². The first kappa shape index (κ1) is 9.91. The fraction of sp³-hybridized carbons (Fsp3) is 0. The fourth-order valence-corrected chi connectivity index (χ4v) is 0.809. The molecule has 1 amide bonds. The van der Waals surface area contributed by atoms with Gasteiger partial charge in [-0.2, -0.15) is 0 Å². The number of nitrogens with zero attached hydrogens (tertiary/aromatic N) is 1. The largest absolute Gasteiger partial charge is 0.477 e. The Kier molecular flexibility index (Phi) is 2.96. The molecule has 0 radical (unpaired) electrons. The van der Waals surface area contributed by atoms with Crippen LogP contribution in [0.1, 0.15) is 16.1 Å². The Balaban J connectivity index is 2.83. The van der Waals surface area contributed by atoms with E-state index in [1.165, 1.54) is 30.5 Å². The minimum atomic E-state index is -1.09. The van der Waals surface area contributed by atoms with E-state index in [4.69, 9.17) is 10.8 Å². The summed E-state index contributed by atoms with van der Waals surface area (Å²) < 4.78 is 0. The number of hydrogen-bond acceptors (Lipinski definition) is 3. The van der Waals surface area contributed by atoms with Gasteiger partial charge < -0.3 is 10.8 Å². The third kappa shape index (κ3) is 2.71. The lowest BCUT2D eigenvalue weighted by molar-refractivity contribution is -0.113. The Morgan fingerprint density at radius 1 is 1.43 bits per heavy atom. The first-order chi connectivity index (χ1) is 6.59. The van der Waals surface area contributed by atoms with Crippen LogP contribution in [-0.4, -0.2) is 22.0 Å². The van der Waals surface area contributed by atoms with Crippen molar-refractivity contribution in [1.82, 2.24) is 4.98 Å². The number of hydrogen-bond donors (Lipinski definition) is 2. The average Bonchev–Trinajstić information content (AvgIpc) is 2.15. The van der Waals surface area contributed by atoms with Crippen molar-refractivity contribution >= 4 is 18.0 Å². The van der Waals surface area contributed by atoms with Crippen LogP contribution < -0.4 is 5.73 Å². The molecule has 0 saturated carbocycles. The monoisotopic (exact) mass is 192 g/mol. The maximum Gasteiger partial charge on any atom is 0.354 e. The molecular formula is C9H8N2O3. The quantitative estimate of drug-likeness (QED) is 0.672. The summed E-state index contributed by atoms with van der Waals surface area (Å²) >= 11 is 0. The van der Waals surface area contributed by atoms with E-state index in [1.807, 2.05) is 0 Å². The van der Waals surface area contributed by atoms with Gasteiger partial charge in [-0.1, -0.05) is 6.07 Å². The van der Waals surface area contributed by atoms with Crippen molar-refractivity contribution in [2.75, 3.05) is 0 Å². The average molecular weight is 192 g/mol. The third-order valence-corrected chi connectivity index (χ3v) is 1.45. The zero-order chi connectivity index (χ0) is 10.6. The maximum absolute atomic E-state index is 10.4. The van der Waals surface area contributed by atoms with E-state index in [2.05, 4.69) is 4.98 Å². The molecule has 0 unspecified atom stereocenters. The number of aromatic nitrogens is 1.